The number of nitriles is 1. The highest BCUT2D eigenvalue weighted by Crippen LogP contribution is 2.43. The normalized spacial score (nSPS) is 15.4. The van der Waals surface area contributed by atoms with Gasteiger partial charge in [0.2, 0.25) is 5.82 Å². The van der Waals surface area contributed by atoms with Gasteiger partial charge in [0.25, 0.3) is 0 Å². The SMILES string of the molecule is N#Cc1nccc(C2(NC(=O)Nc3ccc(-c4ccccc4C(F)(F)F)c(C(F)(F)F)c3)CCCCC2)n1. The van der Waals surface area contributed by atoms with Gasteiger partial charge in [-0.05, 0) is 48.2 Å². The molecule has 1 aliphatic carbocycles. The molecule has 2 aromatic carbocycles. The molecule has 1 saturated carbocycles. The molecule has 3 aromatic rings. The van der Waals surface area contributed by atoms with Gasteiger partial charge in [0, 0.05) is 11.9 Å². The Bertz CT molecular complexity index is 1370. The standard InChI is InChI=1S/C26H21F6N5O/c27-25(28,29)19-7-3-2-6-17(19)18-9-8-16(14-20(18)26(30,31)32)35-23(38)37-24(11-4-1-5-12-24)21-10-13-34-22(15-33)36-21/h2-3,6-10,13-14H,1,4-5,11-12H2,(H2,35,37,38). The van der Waals surface area contributed by atoms with Crippen LogP contribution in [0.3, 0.4) is 0 Å². The molecule has 0 radical (unpaired) electrons. The maximum absolute atomic E-state index is 14.0. The highest BCUT2D eigenvalue weighted by molar-refractivity contribution is 5.90. The minimum absolute atomic E-state index is 0.0841. The fourth-order valence-corrected chi connectivity index (χ4v) is 4.72. The number of rotatable bonds is 4. The zero-order valence-corrected chi connectivity index (χ0v) is 19.7. The van der Waals surface area contributed by atoms with Gasteiger partial charge in [0.1, 0.15) is 6.07 Å². The molecule has 0 spiro atoms. The van der Waals surface area contributed by atoms with Gasteiger partial charge < -0.3 is 10.6 Å². The van der Waals surface area contributed by atoms with E-state index in [9.17, 15) is 31.1 Å². The number of hydrogen-bond donors (Lipinski definition) is 2. The molecule has 1 aromatic heterocycles. The number of carbonyl (C=O) groups excluding carboxylic acids is 1. The molecule has 0 bridgehead atoms. The Morgan fingerprint density at radius 3 is 2.21 bits per heavy atom. The van der Waals surface area contributed by atoms with Crippen LogP contribution in [0.25, 0.3) is 11.1 Å². The Balaban J connectivity index is 1.66. The molecule has 2 N–H and O–H groups in total. The minimum Gasteiger partial charge on any atom is -0.327 e. The summed E-state index contributed by atoms with van der Waals surface area (Å²) in [5.74, 6) is -0.0841. The predicted octanol–water partition coefficient (Wildman–Crippen LogP) is 7.03. The van der Waals surface area contributed by atoms with E-state index in [1.165, 1.54) is 12.3 Å². The third-order valence-electron chi connectivity index (χ3n) is 6.41. The average Bonchev–Trinajstić information content (AvgIpc) is 2.88. The van der Waals surface area contributed by atoms with Crippen molar-refractivity contribution in [3.8, 4) is 17.2 Å². The van der Waals surface area contributed by atoms with E-state index in [1.807, 2.05) is 6.07 Å². The number of aromatic nitrogens is 2. The fraction of sp³-hybridized carbons (Fsp3) is 0.308. The molecular formula is C26H21F6N5O. The number of alkyl halides is 6. The molecule has 198 valence electrons. The van der Waals surface area contributed by atoms with Crippen molar-refractivity contribution in [1.29, 1.82) is 5.26 Å². The van der Waals surface area contributed by atoms with E-state index in [-0.39, 0.29) is 11.5 Å². The molecule has 1 aliphatic rings. The number of nitrogens with zero attached hydrogens (tertiary/aromatic N) is 3. The summed E-state index contributed by atoms with van der Waals surface area (Å²) in [5, 5.41) is 14.3. The van der Waals surface area contributed by atoms with Crippen molar-refractivity contribution < 1.29 is 31.1 Å². The first-order valence-corrected chi connectivity index (χ1v) is 11.6. The van der Waals surface area contributed by atoms with Gasteiger partial charge in [-0.1, -0.05) is 43.5 Å². The molecule has 1 fully saturated rings. The van der Waals surface area contributed by atoms with E-state index in [0.717, 1.165) is 43.5 Å². The number of carbonyl (C=O) groups is 1. The lowest BCUT2D eigenvalue weighted by Gasteiger charge is -2.37. The quantitative estimate of drug-likeness (QED) is 0.352. The predicted molar refractivity (Wildman–Crippen MR) is 126 cm³/mol. The van der Waals surface area contributed by atoms with E-state index < -0.39 is 46.2 Å². The fourth-order valence-electron chi connectivity index (χ4n) is 4.72. The lowest BCUT2D eigenvalue weighted by molar-refractivity contribution is -0.139. The summed E-state index contributed by atoms with van der Waals surface area (Å²) in [5.41, 5.74) is -4.62. The Labute approximate surface area is 213 Å². The van der Waals surface area contributed by atoms with E-state index >= 15 is 0 Å². The molecule has 1 heterocycles. The molecule has 0 atom stereocenters. The van der Waals surface area contributed by atoms with E-state index in [0.29, 0.717) is 30.7 Å². The summed E-state index contributed by atoms with van der Waals surface area (Å²) in [6.45, 7) is 0. The number of halogens is 6. The van der Waals surface area contributed by atoms with Crippen molar-refractivity contribution in [2.75, 3.05) is 5.32 Å². The minimum atomic E-state index is -5.00. The van der Waals surface area contributed by atoms with Gasteiger partial charge in [0.05, 0.1) is 22.4 Å². The number of nitrogens with one attached hydrogen (secondary N) is 2. The van der Waals surface area contributed by atoms with Crippen LogP contribution in [0.15, 0.2) is 54.7 Å². The van der Waals surface area contributed by atoms with Crippen LogP contribution in [0.1, 0.15) is 54.7 Å². The zero-order valence-electron chi connectivity index (χ0n) is 19.7. The van der Waals surface area contributed by atoms with Crippen molar-refractivity contribution in [2.45, 2.75) is 50.0 Å². The molecular weight excluding hydrogens is 512 g/mol. The number of hydrogen-bond acceptors (Lipinski definition) is 4. The first-order chi connectivity index (χ1) is 17.9. The molecule has 12 heteroatoms. The van der Waals surface area contributed by atoms with Gasteiger partial charge in [-0.2, -0.15) is 31.6 Å². The molecule has 6 nitrogen and oxygen atoms in total. The number of urea groups is 1. The number of amides is 2. The van der Waals surface area contributed by atoms with Crippen LogP contribution in [0, 0.1) is 11.3 Å². The van der Waals surface area contributed by atoms with Gasteiger partial charge in [-0.15, -0.1) is 0 Å². The van der Waals surface area contributed by atoms with Gasteiger partial charge in [-0.25, -0.2) is 14.8 Å². The molecule has 0 unspecified atom stereocenters. The summed E-state index contributed by atoms with van der Waals surface area (Å²) < 4.78 is 82.3. The van der Waals surface area contributed by atoms with Crippen LogP contribution in [0.4, 0.5) is 36.8 Å². The first kappa shape index (κ1) is 26.9. The highest BCUT2D eigenvalue weighted by Gasteiger charge is 2.39. The van der Waals surface area contributed by atoms with Crippen LogP contribution in [0.5, 0.6) is 0 Å². The monoisotopic (exact) mass is 533 g/mol. The topological polar surface area (TPSA) is 90.7 Å². The van der Waals surface area contributed by atoms with E-state index in [1.54, 1.807) is 6.07 Å². The largest absolute Gasteiger partial charge is 0.417 e. The van der Waals surface area contributed by atoms with Crippen molar-refractivity contribution in [3.63, 3.8) is 0 Å². The highest BCUT2D eigenvalue weighted by atomic mass is 19.4. The molecule has 0 aliphatic heterocycles. The second-order valence-electron chi connectivity index (χ2n) is 8.90. The van der Waals surface area contributed by atoms with Gasteiger partial charge >= 0.3 is 18.4 Å². The second-order valence-corrected chi connectivity index (χ2v) is 8.90. The van der Waals surface area contributed by atoms with Gasteiger partial charge in [-0.3, -0.25) is 0 Å². The summed E-state index contributed by atoms with van der Waals surface area (Å²) in [4.78, 5) is 21.0. The molecule has 4 rings (SSSR count). The maximum Gasteiger partial charge on any atom is 0.417 e. The third-order valence-corrected chi connectivity index (χ3v) is 6.41. The lowest BCUT2D eigenvalue weighted by atomic mass is 9.79. The summed E-state index contributed by atoms with van der Waals surface area (Å²) >= 11 is 0. The summed E-state index contributed by atoms with van der Waals surface area (Å²) in [7, 11) is 0. The van der Waals surface area contributed by atoms with Crippen LogP contribution in [-0.4, -0.2) is 16.0 Å². The Morgan fingerprint density at radius 1 is 0.895 bits per heavy atom. The van der Waals surface area contributed by atoms with Crippen molar-refractivity contribution >= 4 is 11.7 Å². The second kappa shape index (κ2) is 10.3. The van der Waals surface area contributed by atoms with Crippen LogP contribution >= 0.6 is 0 Å². The van der Waals surface area contributed by atoms with Crippen molar-refractivity contribution in [1.82, 2.24) is 15.3 Å². The zero-order chi connectivity index (χ0) is 27.6. The smallest absolute Gasteiger partial charge is 0.327 e. The summed E-state index contributed by atoms with van der Waals surface area (Å²) in [6.07, 6.45) is -5.08. The number of anilines is 1. The Morgan fingerprint density at radius 2 is 1.55 bits per heavy atom. The van der Waals surface area contributed by atoms with Crippen LogP contribution in [-0.2, 0) is 17.9 Å². The maximum atomic E-state index is 14.0. The van der Waals surface area contributed by atoms with Crippen molar-refractivity contribution in [3.05, 3.63) is 77.4 Å². The average molecular weight is 533 g/mol. The van der Waals surface area contributed by atoms with Crippen molar-refractivity contribution in [2.24, 2.45) is 0 Å². The van der Waals surface area contributed by atoms with E-state index in [4.69, 9.17) is 5.26 Å². The van der Waals surface area contributed by atoms with E-state index in [2.05, 4.69) is 20.6 Å². The molecule has 38 heavy (non-hydrogen) atoms. The Kier molecular flexibility index (Phi) is 7.31. The first-order valence-electron chi connectivity index (χ1n) is 11.6. The van der Waals surface area contributed by atoms with Crippen LogP contribution in [0.2, 0.25) is 0 Å². The third kappa shape index (κ3) is 5.72. The lowest BCUT2D eigenvalue weighted by Crippen LogP contribution is -2.49. The molecule has 0 saturated heterocycles. The van der Waals surface area contributed by atoms with Crippen LogP contribution < -0.4 is 10.6 Å². The van der Waals surface area contributed by atoms with Gasteiger partial charge in [0.15, 0.2) is 0 Å². The Hall–Kier alpha value is -4.14. The number of benzene rings is 2. The molecule has 2 amide bonds. The summed E-state index contributed by atoms with van der Waals surface area (Å²) in [6, 6.07) is 9.22.